The minimum absolute atomic E-state index is 0.170. The van der Waals surface area contributed by atoms with E-state index in [4.69, 9.17) is 0 Å². The maximum absolute atomic E-state index is 13.0. The Morgan fingerprint density at radius 1 is 1.21 bits per heavy atom. The monoisotopic (exact) mass is 326 g/mol. The van der Waals surface area contributed by atoms with Gasteiger partial charge in [-0.05, 0) is 46.5 Å². The fraction of sp³-hybridized carbons (Fsp3) is 0.474. The van der Waals surface area contributed by atoms with Gasteiger partial charge in [0.05, 0.1) is 11.7 Å². The molecule has 0 saturated carbocycles. The summed E-state index contributed by atoms with van der Waals surface area (Å²) in [6, 6.07) is 10.4. The van der Waals surface area contributed by atoms with Gasteiger partial charge < -0.3 is 4.90 Å². The van der Waals surface area contributed by atoms with Gasteiger partial charge in [-0.3, -0.25) is 14.4 Å². The van der Waals surface area contributed by atoms with Crippen LogP contribution in [0.1, 0.15) is 34.6 Å². The molecule has 2 aromatic rings. The number of carbonyl (C=O) groups is 1. The van der Waals surface area contributed by atoms with Gasteiger partial charge in [0.1, 0.15) is 6.04 Å². The quantitative estimate of drug-likeness (QED) is 0.867. The third kappa shape index (κ3) is 3.08. The van der Waals surface area contributed by atoms with Crippen LogP contribution in [0.3, 0.4) is 0 Å². The molecule has 24 heavy (non-hydrogen) atoms. The van der Waals surface area contributed by atoms with Crippen LogP contribution in [0, 0.1) is 20.8 Å². The van der Waals surface area contributed by atoms with Crippen LogP contribution < -0.4 is 0 Å². The first-order valence-corrected chi connectivity index (χ1v) is 8.41. The highest BCUT2D eigenvalue weighted by Gasteiger charge is 2.37. The van der Waals surface area contributed by atoms with Crippen molar-refractivity contribution in [2.45, 2.75) is 32.9 Å². The molecule has 1 fully saturated rings. The number of benzene rings is 1. The summed E-state index contributed by atoms with van der Waals surface area (Å²) in [6.07, 6.45) is 0. The minimum atomic E-state index is -0.230. The molecule has 0 N–H and O–H groups in total. The summed E-state index contributed by atoms with van der Waals surface area (Å²) in [6.45, 7) is 7.60. The number of carbonyl (C=O) groups excluding carboxylic acids is 1. The van der Waals surface area contributed by atoms with E-state index in [0.717, 1.165) is 30.0 Å². The lowest BCUT2D eigenvalue weighted by atomic mass is 9.99. The zero-order valence-corrected chi connectivity index (χ0v) is 15.2. The van der Waals surface area contributed by atoms with Crippen molar-refractivity contribution in [1.82, 2.24) is 19.6 Å². The lowest BCUT2D eigenvalue weighted by molar-refractivity contribution is -0.142. The lowest BCUT2D eigenvalue weighted by Crippen LogP contribution is -2.54. The largest absolute Gasteiger partial charge is 0.337 e. The van der Waals surface area contributed by atoms with E-state index in [2.05, 4.69) is 41.8 Å². The van der Waals surface area contributed by atoms with Crippen LogP contribution in [-0.4, -0.2) is 52.7 Å². The summed E-state index contributed by atoms with van der Waals surface area (Å²) in [7, 11) is 3.92. The molecule has 5 heteroatoms. The first-order chi connectivity index (χ1) is 11.4. The van der Waals surface area contributed by atoms with Gasteiger partial charge in [0.25, 0.3) is 0 Å². The van der Waals surface area contributed by atoms with Gasteiger partial charge >= 0.3 is 0 Å². The summed E-state index contributed by atoms with van der Waals surface area (Å²) < 4.78 is 2.05. The minimum Gasteiger partial charge on any atom is -0.337 e. The van der Waals surface area contributed by atoms with E-state index >= 15 is 0 Å². The van der Waals surface area contributed by atoms with Gasteiger partial charge in [0.2, 0.25) is 5.91 Å². The number of hydrogen-bond donors (Lipinski definition) is 0. The number of aryl methyl sites for hydroxylation is 3. The van der Waals surface area contributed by atoms with E-state index in [1.54, 1.807) is 0 Å². The third-order valence-electron chi connectivity index (χ3n) is 4.67. The van der Waals surface area contributed by atoms with Crippen molar-refractivity contribution in [1.29, 1.82) is 0 Å². The summed E-state index contributed by atoms with van der Waals surface area (Å²) in [4.78, 5) is 16.9. The summed E-state index contributed by atoms with van der Waals surface area (Å²) in [5, 5.41) is 4.54. The van der Waals surface area contributed by atoms with Crippen LogP contribution in [0.15, 0.2) is 30.3 Å². The van der Waals surface area contributed by atoms with Gasteiger partial charge in [0, 0.05) is 18.8 Å². The number of nitrogens with zero attached hydrogens (tertiary/aromatic N) is 4. The molecule has 0 bridgehead atoms. The first-order valence-electron chi connectivity index (χ1n) is 8.41. The number of amides is 1. The molecule has 1 aliphatic rings. The molecule has 0 radical (unpaired) electrons. The van der Waals surface area contributed by atoms with Crippen molar-refractivity contribution in [3.05, 3.63) is 52.8 Å². The topological polar surface area (TPSA) is 41.4 Å². The van der Waals surface area contributed by atoms with E-state index in [9.17, 15) is 4.79 Å². The summed E-state index contributed by atoms with van der Waals surface area (Å²) >= 11 is 0. The molecule has 1 aromatic heterocycles. The Labute approximate surface area is 143 Å². The summed E-state index contributed by atoms with van der Waals surface area (Å²) in [5.74, 6) is 0.170. The normalized spacial score (nSPS) is 16.3. The van der Waals surface area contributed by atoms with Gasteiger partial charge in [-0.25, -0.2) is 0 Å². The SMILES string of the molecule is Cc1cccc(C(C(=O)N2CC(n3nc(C)cc3C)C2)N(C)C)c1. The standard InChI is InChI=1S/C19H26N4O/c1-13-7-6-8-16(9-13)18(21(4)5)19(24)22-11-17(12-22)23-15(3)10-14(2)20-23/h6-10,17-18H,11-12H2,1-5H3. The van der Waals surface area contributed by atoms with Crippen LogP contribution in [0.25, 0.3) is 0 Å². The predicted molar refractivity (Wildman–Crippen MR) is 94.9 cm³/mol. The van der Waals surface area contributed by atoms with Crippen molar-refractivity contribution in [2.75, 3.05) is 27.2 Å². The van der Waals surface area contributed by atoms with Gasteiger partial charge in [0.15, 0.2) is 0 Å². The van der Waals surface area contributed by atoms with E-state index < -0.39 is 0 Å². The van der Waals surface area contributed by atoms with Crippen LogP contribution in [0.2, 0.25) is 0 Å². The fourth-order valence-electron chi connectivity index (χ4n) is 3.48. The second-order valence-electron chi connectivity index (χ2n) is 7.05. The van der Waals surface area contributed by atoms with E-state index in [0.29, 0.717) is 6.04 Å². The van der Waals surface area contributed by atoms with Crippen molar-refractivity contribution in [3.8, 4) is 0 Å². The molecule has 1 amide bonds. The van der Waals surface area contributed by atoms with Crippen LogP contribution in [0.5, 0.6) is 0 Å². The molecule has 0 spiro atoms. The Balaban J connectivity index is 1.73. The highest BCUT2D eigenvalue weighted by molar-refractivity contribution is 5.84. The molecule has 128 valence electrons. The number of likely N-dealkylation sites (N-methyl/N-ethyl adjacent to an activating group) is 1. The van der Waals surface area contributed by atoms with Crippen molar-refractivity contribution >= 4 is 5.91 Å². The Hall–Kier alpha value is -2.14. The van der Waals surface area contributed by atoms with Crippen LogP contribution in [0.4, 0.5) is 0 Å². The van der Waals surface area contributed by atoms with Crippen molar-refractivity contribution < 1.29 is 4.79 Å². The number of likely N-dealkylation sites (tertiary alicyclic amines) is 1. The van der Waals surface area contributed by atoms with E-state index in [-0.39, 0.29) is 11.9 Å². The van der Waals surface area contributed by atoms with E-state index in [1.165, 1.54) is 5.56 Å². The first kappa shape index (κ1) is 16.7. The molecule has 1 unspecified atom stereocenters. The van der Waals surface area contributed by atoms with Gasteiger partial charge in [-0.2, -0.15) is 5.10 Å². The molecule has 0 aliphatic carbocycles. The van der Waals surface area contributed by atoms with Crippen molar-refractivity contribution in [3.63, 3.8) is 0 Å². The Morgan fingerprint density at radius 2 is 1.92 bits per heavy atom. The molecule has 2 heterocycles. The number of aromatic nitrogens is 2. The van der Waals surface area contributed by atoms with Crippen molar-refractivity contribution in [2.24, 2.45) is 0 Å². The molecule has 3 rings (SSSR count). The zero-order valence-electron chi connectivity index (χ0n) is 15.2. The molecule has 1 aromatic carbocycles. The molecule has 1 saturated heterocycles. The molecular formula is C19H26N4O. The molecule has 5 nitrogen and oxygen atoms in total. The maximum Gasteiger partial charge on any atom is 0.244 e. The second kappa shape index (κ2) is 6.40. The lowest BCUT2D eigenvalue weighted by Gasteiger charge is -2.42. The number of hydrogen-bond acceptors (Lipinski definition) is 3. The van der Waals surface area contributed by atoms with E-state index in [1.807, 2.05) is 43.0 Å². The van der Waals surface area contributed by atoms with Gasteiger partial charge in [-0.1, -0.05) is 29.8 Å². The molecular weight excluding hydrogens is 300 g/mol. The average Bonchev–Trinajstić information content (AvgIpc) is 2.76. The second-order valence-corrected chi connectivity index (χ2v) is 7.05. The maximum atomic E-state index is 13.0. The smallest absolute Gasteiger partial charge is 0.244 e. The highest BCUT2D eigenvalue weighted by atomic mass is 16.2. The molecule has 1 atom stereocenters. The molecule has 1 aliphatic heterocycles. The fourth-order valence-corrected chi connectivity index (χ4v) is 3.48. The van der Waals surface area contributed by atoms with Gasteiger partial charge in [-0.15, -0.1) is 0 Å². The Kier molecular flexibility index (Phi) is 4.45. The Bertz CT molecular complexity index is 744. The Morgan fingerprint density at radius 3 is 2.46 bits per heavy atom. The average molecular weight is 326 g/mol. The summed E-state index contributed by atoms with van der Waals surface area (Å²) in [5.41, 5.74) is 4.42. The third-order valence-corrected chi connectivity index (χ3v) is 4.67. The zero-order chi connectivity index (χ0) is 17.4. The highest BCUT2D eigenvalue weighted by Crippen LogP contribution is 2.29. The van der Waals surface area contributed by atoms with Crippen LogP contribution in [-0.2, 0) is 4.79 Å². The van der Waals surface area contributed by atoms with Crippen LogP contribution >= 0.6 is 0 Å². The number of rotatable bonds is 4. The predicted octanol–water partition coefficient (Wildman–Crippen LogP) is 2.49.